The van der Waals surface area contributed by atoms with Gasteiger partial charge in [-0.25, -0.2) is 4.98 Å². The summed E-state index contributed by atoms with van der Waals surface area (Å²) in [6.45, 7) is 6.47. The molecule has 0 aromatic carbocycles. The Bertz CT molecular complexity index is 459. The average Bonchev–Trinajstić information content (AvgIpc) is 2.32. The Morgan fingerprint density at radius 3 is 2.48 bits per heavy atom. The van der Waals surface area contributed by atoms with E-state index in [1.807, 2.05) is 20.8 Å². The van der Waals surface area contributed by atoms with Gasteiger partial charge in [0.1, 0.15) is 0 Å². The zero-order valence-electron chi connectivity index (χ0n) is 12.4. The number of pyridine rings is 1. The second-order valence-corrected chi connectivity index (χ2v) is 6.16. The normalized spacial score (nSPS) is 12.5. The maximum atomic E-state index is 12.0. The van der Waals surface area contributed by atoms with Gasteiger partial charge in [0.15, 0.2) is 0 Å². The molecule has 7 heteroatoms. The standard InChI is InChI=1S/C14H20ClF3N2O/c1-13(2,3)19-9-11-10(15)5-6-12(20-11)21-8-4-7-14(16,17)18/h5-6,19H,4,7-9H2,1-3H3. The molecule has 120 valence electrons. The molecule has 0 aliphatic carbocycles. The van der Waals surface area contributed by atoms with E-state index < -0.39 is 12.6 Å². The number of aromatic nitrogens is 1. The van der Waals surface area contributed by atoms with Crippen LogP contribution < -0.4 is 10.1 Å². The van der Waals surface area contributed by atoms with Gasteiger partial charge in [0, 0.05) is 24.6 Å². The number of halogens is 4. The first-order valence-corrected chi connectivity index (χ1v) is 7.05. The van der Waals surface area contributed by atoms with Crippen molar-refractivity contribution in [2.24, 2.45) is 0 Å². The van der Waals surface area contributed by atoms with Crippen LogP contribution in [0, 0.1) is 0 Å². The molecule has 3 nitrogen and oxygen atoms in total. The van der Waals surface area contributed by atoms with E-state index in [1.54, 1.807) is 12.1 Å². The van der Waals surface area contributed by atoms with E-state index in [1.165, 1.54) is 0 Å². The first-order valence-electron chi connectivity index (χ1n) is 6.67. The summed E-state index contributed by atoms with van der Waals surface area (Å²) >= 11 is 6.04. The van der Waals surface area contributed by atoms with Gasteiger partial charge in [0.2, 0.25) is 5.88 Å². The lowest BCUT2D eigenvalue weighted by molar-refractivity contribution is -0.136. The van der Waals surface area contributed by atoms with Crippen LogP contribution in [0.2, 0.25) is 5.02 Å². The fourth-order valence-electron chi connectivity index (χ4n) is 1.47. The monoisotopic (exact) mass is 324 g/mol. The van der Waals surface area contributed by atoms with Gasteiger partial charge in [-0.15, -0.1) is 0 Å². The fourth-order valence-corrected chi connectivity index (χ4v) is 1.64. The quantitative estimate of drug-likeness (QED) is 0.790. The lowest BCUT2D eigenvalue weighted by atomic mass is 10.1. The first-order chi connectivity index (χ1) is 9.57. The molecule has 1 aromatic heterocycles. The molecule has 1 N–H and O–H groups in total. The number of nitrogens with one attached hydrogen (secondary N) is 1. The van der Waals surface area contributed by atoms with Gasteiger partial charge in [0.25, 0.3) is 0 Å². The SMILES string of the molecule is CC(C)(C)NCc1nc(OCCCC(F)(F)F)ccc1Cl. The van der Waals surface area contributed by atoms with Gasteiger partial charge in [-0.2, -0.15) is 13.2 Å². The highest BCUT2D eigenvalue weighted by Gasteiger charge is 2.26. The second kappa shape index (κ2) is 7.31. The third-order valence-corrected chi connectivity index (χ3v) is 2.88. The molecule has 0 atom stereocenters. The van der Waals surface area contributed by atoms with E-state index in [0.717, 1.165) is 0 Å². The summed E-state index contributed by atoms with van der Waals surface area (Å²) in [6, 6.07) is 3.18. The van der Waals surface area contributed by atoms with Crippen LogP contribution in [-0.2, 0) is 6.54 Å². The molecule has 1 heterocycles. The third-order valence-electron chi connectivity index (χ3n) is 2.53. The minimum atomic E-state index is -4.15. The molecule has 0 bridgehead atoms. The van der Waals surface area contributed by atoms with Crippen molar-refractivity contribution in [2.75, 3.05) is 6.61 Å². The van der Waals surface area contributed by atoms with E-state index in [0.29, 0.717) is 17.3 Å². The Labute approximate surface area is 127 Å². The molecule has 0 saturated carbocycles. The Hall–Kier alpha value is -1.01. The Balaban J connectivity index is 2.53. The van der Waals surface area contributed by atoms with Crippen LogP contribution in [0.3, 0.4) is 0 Å². The number of hydrogen-bond acceptors (Lipinski definition) is 3. The fraction of sp³-hybridized carbons (Fsp3) is 0.643. The van der Waals surface area contributed by atoms with Crippen LogP contribution in [0.5, 0.6) is 5.88 Å². The van der Waals surface area contributed by atoms with Crippen molar-refractivity contribution < 1.29 is 17.9 Å². The molecule has 21 heavy (non-hydrogen) atoms. The number of hydrogen-bond donors (Lipinski definition) is 1. The summed E-state index contributed by atoms with van der Waals surface area (Å²) in [5, 5.41) is 3.74. The lowest BCUT2D eigenvalue weighted by Gasteiger charge is -2.20. The predicted octanol–water partition coefficient (Wildman–Crippen LogP) is 4.34. The van der Waals surface area contributed by atoms with Crippen molar-refractivity contribution in [2.45, 2.75) is 51.9 Å². The molecule has 0 saturated heterocycles. The van der Waals surface area contributed by atoms with Crippen molar-refractivity contribution in [3.63, 3.8) is 0 Å². The summed E-state index contributed by atoms with van der Waals surface area (Å²) in [4.78, 5) is 4.21. The van der Waals surface area contributed by atoms with Crippen LogP contribution >= 0.6 is 11.6 Å². The van der Waals surface area contributed by atoms with Gasteiger partial charge >= 0.3 is 6.18 Å². The van der Waals surface area contributed by atoms with Gasteiger partial charge in [-0.3, -0.25) is 0 Å². The van der Waals surface area contributed by atoms with Crippen LogP contribution in [0.1, 0.15) is 39.3 Å². The highest BCUT2D eigenvalue weighted by atomic mass is 35.5. The van der Waals surface area contributed by atoms with E-state index >= 15 is 0 Å². The van der Waals surface area contributed by atoms with Crippen LogP contribution in [0.25, 0.3) is 0 Å². The van der Waals surface area contributed by atoms with Crippen molar-refractivity contribution in [3.8, 4) is 5.88 Å². The Morgan fingerprint density at radius 1 is 1.24 bits per heavy atom. The minimum Gasteiger partial charge on any atom is -0.478 e. The second-order valence-electron chi connectivity index (χ2n) is 5.75. The number of rotatable bonds is 6. The highest BCUT2D eigenvalue weighted by Crippen LogP contribution is 2.22. The summed E-state index contributed by atoms with van der Waals surface area (Å²) in [7, 11) is 0. The Morgan fingerprint density at radius 2 is 1.90 bits per heavy atom. The Kier molecular flexibility index (Phi) is 6.28. The van der Waals surface area contributed by atoms with Crippen molar-refractivity contribution in [3.05, 3.63) is 22.8 Å². The molecular weight excluding hydrogens is 305 g/mol. The molecule has 0 aliphatic rings. The summed E-state index contributed by atoms with van der Waals surface area (Å²) < 4.78 is 41.3. The van der Waals surface area contributed by atoms with Crippen LogP contribution in [0.4, 0.5) is 13.2 Å². The zero-order valence-corrected chi connectivity index (χ0v) is 13.1. The number of alkyl halides is 3. The minimum absolute atomic E-state index is 0.0275. The molecule has 0 amide bonds. The maximum absolute atomic E-state index is 12.0. The van der Waals surface area contributed by atoms with Crippen LogP contribution in [-0.4, -0.2) is 23.3 Å². The van der Waals surface area contributed by atoms with E-state index in [4.69, 9.17) is 16.3 Å². The van der Waals surface area contributed by atoms with Crippen molar-refractivity contribution in [1.29, 1.82) is 0 Å². The van der Waals surface area contributed by atoms with E-state index in [2.05, 4.69) is 10.3 Å². The molecular formula is C14H20ClF3N2O. The van der Waals surface area contributed by atoms with Crippen molar-refractivity contribution >= 4 is 11.6 Å². The number of nitrogens with zero attached hydrogens (tertiary/aromatic N) is 1. The maximum Gasteiger partial charge on any atom is 0.389 e. The van der Waals surface area contributed by atoms with Gasteiger partial charge in [-0.05, 0) is 33.3 Å². The summed E-state index contributed by atoms with van der Waals surface area (Å²) in [6.07, 6.45) is -5.11. The first kappa shape index (κ1) is 18.0. The summed E-state index contributed by atoms with van der Waals surface area (Å²) in [5.41, 5.74) is 0.522. The van der Waals surface area contributed by atoms with Gasteiger partial charge in [0.05, 0.1) is 17.3 Å². The molecule has 0 radical (unpaired) electrons. The molecule has 0 fully saturated rings. The van der Waals surface area contributed by atoms with Gasteiger partial charge in [-0.1, -0.05) is 11.6 Å². The predicted molar refractivity (Wildman–Crippen MR) is 76.6 cm³/mol. The third kappa shape index (κ3) is 8.12. The largest absolute Gasteiger partial charge is 0.478 e. The van der Waals surface area contributed by atoms with E-state index in [9.17, 15) is 13.2 Å². The molecule has 0 spiro atoms. The summed E-state index contributed by atoms with van der Waals surface area (Å²) in [5.74, 6) is 0.285. The van der Waals surface area contributed by atoms with Gasteiger partial charge < -0.3 is 10.1 Å². The zero-order chi connectivity index (χ0) is 16.1. The topological polar surface area (TPSA) is 34.2 Å². The molecule has 0 unspecified atom stereocenters. The van der Waals surface area contributed by atoms with Crippen LogP contribution in [0.15, 0.2) is 12.1 Å². The molecule has 1 rings (SSSR count). The van der Waals surface area contributed by atoms with Crippen molar-refractivity contribution in [1.82, 2.24) is 10.3 Å². The number of ether oxygens (including phenoxy) is 1. The average molecular weight is 325 g/mol. The lowest BCUT2D eigenvalue weighted by Crippen LogP contribution is -2.35. The molecule has 1 aromatic rings. The highest BCUT2D eigenvalue weighted by molar-refractivity contribution is 6.31. The molecule has 0 aliphatic heterocycles. The van der Waals surface area contributed by atoms with E-state index in [-0.39, 0.29) is 24.4 Å². The smallest absolute Gasteiger partial charge is 0.389 e.